The number of hydrogen-bond donors (Lipinski definition) is 2. The molecule has 3 N–H and O–H groups in total. The zero-order valence-corrected chi connectivity index (χ0v) is 16.6. The minimum Gasteiger partial charge on any atom is -0.495 e. The van der Waals surface area contributed by atoms with Crippen molar-refractivity contribution in [2.45, 2.75) is 50.2 Å². The summed E-state index contributed by atoms with van der Waals surface area (Å²) in [6.07, 6.45) is 4.91. The molecule has 4 rings (SSSR count). The topological polar surface area (TPSA) is 78.5 Å². The lowest BCUT2D eigenvalue weighted by Crippen LogP contribution is -3.03. The molecule has 0 unspecified atom stereocenters. The molecule has 3 aliphatic rings. The van der Waals surface area contributed by atoms with E-state index < -0.39 is 0 Å². The molecule has 1 aliphatic carbocycles. The van der Waals surface area contributed by atoms with Crippen LogP contribution < -0.4 is 20.3 Å². The van der Waals surface area contributed by atoms with Crippen molar-refractivity contribution in [3.8, 4) is 5.75 Å². The molecule has 3 fully saturated rings. The Kier molecular flexibility index (Phi) is 5.71. The number of rotatable bonds is 4. The first-order chi connectivity index (χ1) is 13.7. The fraction of sp³-hybridized carbons (Fsp3) is 0.619. The molecule has 0 spiro atoms. The molecule has 0 bridgehead atoms. The lowest BCUT2D eigenvalue weighted by Gasteiger charge is -2.39. The van der Waals surface area contributed by atoms with E-state index in [1.807, 2.05) is 23.1 Å². The van der Waals surface area contributed by atoms with E-state index in [0.29, 0.717) is 25.6 Å². The van der Waals surface area contributed by atoms with E-state index >= 15 is 0 Å². The number of ether oxygens (including phenoxy) is 1. The van der Waals surface area contributed by atoms with E-state index in [2.05, 4.69) is 21.6 Å². The van der Waals surface area contributed by atoms with Gasteiger partial charge in [0.25, 0.3) is 5.91 Å². The highest BCUT2D eigenvalue weighted by atomic mass is 16.5. The van der Waals surface area contributed by atoms with Gasteiger partial charge in [0.05, 0.1) is 25.3 Å². The number of para-hydroxylation sites is 2. The molecule has 7 nitrogen and oxygen atoms in total. The zero-order valence-electron chi connectivity index (χ0n) is 16.6. The van der Waals surface area contributed by atoms with Crippen LogP contribution in [0.3, 0.4) is 0 Å². The Morgan fingerprint density at radius 3 is 2.71 bits per heavy atom. The van der Waals surface area contributed by atoms with Crippen LogP contribution in [0.25, 0.3) is 0 Å². The van der Waals surface area contributed by atoms with Crippen molar-refractivity contribution in [1.29, 1.82) is 0 Å². The van der Waals surface area contributed by atoms with Crippen LogP contribution in [0, 0.1) is 0 Å². The number of nitrogens with one attached hydrogen (secondary N) is 1. The standard InChI is InChI=1S/C21H30N4O3/c1-28-19-9-5-4-8-18(19)24-10-12-25(13-11-24)20(26)14-17-21(27)23-16-7-3-2-6-15(16)22-17/h4-5,8-9,15-17,22H,2-3,6-7,10-14H2,1H3,(H,23,27)/p+1/t15-,16+,17+/m1/s1. The lowest BCUT2D eigenvalue weighted by molar-refractivity contribution is -0.718. The molecule has 1 aromatic carbocycles. The summed E-state index contributed by atoms with van der Waals surface area (Å²) in [5.74, 6) is 0.979. The monoisotopic (exact) mass is 387 g/mol. The van der Waals surface area contributed by atoms with Gasteiger partial charge in [-0.25, -0.2) is 0 Å². The number of anilines is 1. The number of piperazine rings is 2. The molecule has 0 aromatic heterocycles. The quantitative estimate of drug-likeness (QED) is 0.769. The summed E-state index contributed by atoms with van der Waals surface area (Å²) in [7, 11) is 1.68. The summed E-state index contributed by atoms with van der Waals surface area (Å²) in [4.78, 5) is 29.4. The summed E-state index contributed by atoms with van der Waals surface area (Å²) in [5.41, 5.74) is 1.07. The molecule has 28 heavy (non-hydrogen) atoms. The summed E-state index contributed by atoms with van der Waals surface area (Å²) < 4.78 is 5.46. The van der Waals surface area contributed by atoms with Crippen molar-refractivity contribution in [3.05, 3.63) is 24.3 Å². The Labute approximate surface area is 166 Å². The summed E-state index contributed by atoms with van der Waals surface area (Å²) in [5, 5.41) is 5.31. The van der Waals surface area contributed by atoms with Gasteiger partial charge in [0, 0.05) is 32.6 Å². The van der Waals surface area contributed by atoms with Crippen LogP contribution in [-0.2, 0) is 9.59 Å². The van der Waals surface area contributed by atoms with Crippen molar-refractivity contribution in [2.75, 3.05) is 38.2 Å². The second-order valence-electron chi connectivity index (χ2n) is 8.11. The number of hydrogen-bond acceptors (Lipinski definition) is 4. The van der Waals surface area contributed by atoms with E-state index in [4.69, 9.17) is 4.74 Å². The van der Waals surface area contributed by atoms with Crippen LogP contribution in [0.4, 0.5) is 5.69 Å². The van der Waals surface area contributed by atoms with Crippen molar-refractivity contribution >= 4 is 17.5 Å². The molecule has 2 heterocycles. The molecule has 0 radical (unpaired) electrons. The van der Waals surface area contributed by atoms with Crippen molar-refractivity contribution < 1.29 is 19.6 Å². The summed E-state index contributed by atoms with van der Waals surface area (Å²) in [6, 6.07) is 8.43. The minimum atomic E-state index is -0.279. The number of amides is 2. The third kappa shape index (κ3) is 3.94. The zero-order chi connectivity index (χ0) is 19.5. The van der Waals surface area contributed by atoms with E-state index in [1.54, 1.807) is 7.11 Å². The van der Waals surface area contributed by atoms with Crippen LogP contribution >= 0.6 is 0 Å². The molecule has 2 saturated heterocycles. The first-order valence-corrected chi connectivity index (χ1v) is 10.5. The first kappa shape index (κ1) is 19.1. The van der Waals surface area contributed by atoms with Crippen LogP contribution in [-0.4, -0.2) is 68.1 Å². The molecule has 1 saturated carbocycles. The van der Waals surface area contributed by atoms with E-state index in [-0.39, 0.29) is 23.9 Å². The number of nitrogens with two attached hydrogens (primary N) is 1. The number of quaternary nitrogens is 1. The highest BCUT2D eigenvalue weighted by molar-refractivity contribution is 5.87. The average molecular weight is 388 g/mol. The molecule has 3 atom stereocenters. The van der Waals surface area contributed by atoms with E-state index in [0.717, 1.165) is 37.4 Å². The van der Waals surface area contributed by atoms with Gasteiger partial charge >= 0.3 is 0 Å². The van der Waals surface area contributed by atoms with Crippen LogP contribution in [0.2, 0.25) is 0 Å². The maximum Gasteiger partial charge on any atom is 0.279 e. The number of methoxy groups -OCH3 is 1. The Morgan fingerprint density at radius 1 is 1.18 bits per heavy atom. The number of carbonyl (C=O) groups is 2. The van der Waals surface area contributed by atoms with Crippen LogP contribution in [0.1, 0.15) is 32.1 Å². The molecule has 2 amide bonds. The smallest absolute Gasteiger partial charge is 0.279 e. The van der Waals surface area contributed by atoms with Gasteiger partial charge in [-0.3, -0.25) is 9.59 Å². The fourth-order valence-electron chi connectivity index (χ4n) is 4.81. The van der Waals surface area contributed by atoms with Crippen molar-refractivity contribution in [2.24, 2.45) is 0 Å². The molecular formula is C21H31N4O3+. The van der Waals surface area contributed by atoms with E-state index in [9.17, 15) is 9.59 Å². The Bertz CT molecular complexity index is 717. The maximum absolute atomic E-state index is 12.8. The third-order valence-electron chi connectivity index (χ3n) is 6.42. The maximum atomic E-state index is 12.8. The number of nitrogens with zero attached hydrogens (tertiary/aromatic N) is 2. The number of fused-ring (bicyclic) bond motifs is 1. The second-order valence-corrected chi connectivity index (χ2v) is 8.11. The van der Waals surface area contributed by atoms with Gasteiger partial charge in [0.1, 0.15) is 11.8 Å². The van der Waals surface area contributed by atoms with Crippen molar-refractivity contribution in [1.82, 2.24) is 10.2 Å². The van der Waals surface area contributed by atoms with Gasteiger partial charge < -0.3 is 25.2 Å². The summed E-state index contributed by atoms with van der Waals surface area (Å²) in [6.45, 7) is 2.91. The van der Waals surface area contributed by atoms with E-state index in [1.165, 1.54) is 12.8 Å². The van der Waals surface area contributed by atoms with Gasteiger partial charge in [-0.1, -0.05) is 18.6 Å². The first-order valence-electron chi connectivity index (χ1n) is 10.5. The minimum absolute atomic E-state index is 0.0316. The normalized spacial score (nSPS) is 27.8. The number of benzene rings is 1. The molecule has 1 aromatic rings. The summed E-state index contributed by atoms with van der Waals surface area (Å²) >= 11 is 0. The van der Waals surface area contributed by atoms with Crippen LogP contribution in [0.5, 0.6) is 5.75 Å². The predicted octanol–water partition coefficient (Wildman–Crippen LogP) is 0.107. The average Bonchev–Trinajstić information content (AvgIpc) is 2.74. The highest BCUT2D eigenvalue weighted by Crippen LogP contribution is 2.28. The fourth-order valence-corrected chi connectivity index (χ4v) is 4.81. The van der Waals surface area contributed by atoms with Gasteiger partial charge in [-0.15, -0.1) is 0 Å². The van der Waals surface area contributed by atoms with Gasteiger partial charge in [0.15, 0.2) is 6.04 Å². The highest BCUT2D eigenvalue weighted by Gasteiger charge is 2.41. The largest absolute Gasteiger partial charge is 0.495 e. The predicted molar refractivity (Wildman–Crippen MR) is 106 cm³/mol. The molecule has 152 valence electrons. The SMILES string of the molecule is COc1ccccc1N1CCN(C(=O)C[C@@H]2[NH2+][C@@H]3CCCC[C@@H]3NC2=O)CC1. The van der Waals surface area contributed by atoms with Gasteiger partial charge in [0.2, 0.25) is 5.91 Å². The molecule has 7 heteroatoms. The van der Waals surface area contributed by atoms with Crippen molar-refractivity contribution in [3.63, 3.8) is 0 Å². The Balaban J connectivity index is 1.31. The molecular weight excluding hydrogens is 356 g/mol. The Hall–Kier alpha value is -2.28. The second kappa shape index (κ2) is 8.39. The van der Waals surface area contributed by atoms with Crippen LogP contribution in [0.15, 0.2) is 24.3 Å². The number of carbonyl (C=O) groups excluding carboxylic acids is 2. The van der Waals surface area contributed by atoms with Gasteiger partial charge in [-0.2, -0.15) is 0 Å². The molecule has 2 aliphatic heterocycles. The third-order valence-corrected chi connectivity index (χ3v) is 6.42. The Morgan fingerprint density at radius 2 is 1.93 bits per heavy atom. The van der Waals surface area contributed by atoms with Gasteiger partial charge in [-0.05, 0) is 25.0 Å². The lowest BCUT2D eigenvalue weighted by atomic mass is 9.87.